The molecule has 0 aliphatic rings. The molecule has 0 spiro atoms. The molecular formula is C14H24O6S. The molecule has 0 N–H and O–H groups in total. The number of sulfone groups is 1. The summed E-state index contributed by atoms with van der Waals surface area (Å²) < 4.78 is 31.4. The smallest absolute Gasteiger partial charge is 0.334 e. The van der Waals surface area contributed by atoms with E-state index in [1.165, 1.54) is 0 Å². The van der Waals surface area contributed by atoms with Crippen molar-refractivity contribution in [2.45, 2.75) is 39.0 Å². The van der Waals surface area contributed by atoms with Crippen molar-refractivity contribution >= 4 is 21.8 Å². The summed E-state index contributed by atoms with van der Waals surface area (Å²) in [5.41, 5.74) is -0.0398. The molecule has 0 rings (SSSR count). The lowest BCUT2D eigenvalue weighted by Crippen LogP contribution is -2.17. The van der Waals surface area contributed by atoms with Crippen LogP contribution >= 0.6 is 0 Å². The summed E-state index contributed by atoms with van der Waals surface area (Å²) in [6.07, 6.45) is 4.79. The van der Waals surface area contributed by atoms with Gasteiger partial charge in [0.25, 0.3) is 0 Å². The van der Waals surface area contributed by atoms with Crippen molar-refractivity contribution in [3.05, 3.63) is 12.2 Å². The SMILES string of the molecule is C=C(CC(=O)OCCCCCC)C(=O)OCCS(C)(=O)=O. The number of carbonyl (C=O) groups is 2. The van der Waals surface area contributed by atoms with E-state index in [4.69, 9.17) is 9.47 Å². The summed E-state index contributed by atoms with van der Waals surface area (Å²) in [5.74, 6) is -1.56. The van der Waals surface area contributed by atoms with Gasteiger partial charge in [0.15, 0.2) is 9.84 Å². The van der Waals surface area contributed by atoms with Crippen molar-refractivity contribution in [2.75, 3.05) is 25.2 Å². The van der Waals surface area contributed by atoms with E-state index in [0.29, 0.717) is 6.61 Å². The minimum atomic E-state index is -3.19. The highest BCUT2D eigenvalue weighted by Gasteiger charge is 2.15. The van der Waals surface area contributed by atoms with Gasteiger partial charge in [-0.3, -0.25) is 4.79 Å². The highest BCUT2D eigenvalue weighted by atomic mass is 32.2. The van der Waals surface area contributed by atoms with Gasteiger partial charge in [0, 0.05) is 11.8 Å². The van der Waals surface area contributed by atoms with Crippen molar-refractivity contribution in [1.82, 2.24) is 0 Å². The van der Waals surface area contributed by atoms with Crippen molar-refractivity contribution in [3.63, 3.8) is 0 Å². The maximum Gasteiger partial charge on any atom is 0.334 e. The predicted octanol–water partition coefficient (Wildman–Crippen LogP) is 1.64. The van der Waals surface area contributed by atoms with Crippen LogP contribution in [0.4, 0.5) is 0 Å². The normalized spacial score (nSPS) is 11.0. The Morgan fingerprint density at radius 1 is 1.05 bits per heavy atom. The van der Waals surface area contributed by atoms with Crippen LogP contribution in [0.3, 0.4) is 0 Å². The fraction of sp³-hybridized carbons (Fsp3) is 0.714. The standard InChI is InChI=1S/C14H24O6S/c1-4-5-6-7-8-19-13(15)11-12(2)14(16)20-9-10-21(3,17)18/h2,4-11H2,1,3H3. The zero-order chi connectivity index (χ0) is 16.3. The molecule has 0 atom stereocenters. The van der Waals surface area contributed by atoms with Gasteiger partial charge in [0.2, 0.25) is 0 Å². The van der Waals surface area contributed by atoms with Gasteiger partial charge in [-0.05, 0) is 6.42 Å². The van der Waals surface area contributed by atoms with Gasteiger partial charge in [-0.15, -0.1) is 0 Å². The van der Waals surface area contributed by atoms with Gasteiger partial charge < -0.3 is 9.47 Å². The summed E-state index contributed by atoms with van der Waals surface area (Å²) in [4.78, 5) is 22.9. The van der Waals surface area contributed by atoms with E-state index < -0.39 is 21.8 Å². The molecule has 0 aromatic carbocycles. The van der Waals surface area contributed by atoms with E-state index in [1.54, 1.807) is 0 Å². The van der Waals surface area contributed by atoms with Gasteiger partial charge in [0.1, 0.15) is 6.61 Å². The second-order valence-corrected chi connectivity index (χ2v) is 7.09. The Bertz CT molecular complexity index is 452. The highest BCUT2D eigenvalue weighted by molar-refractivity contribution is 7.90. The first-order chi connectivity index (χ1) is 9.76. The molecule has 0 fully saturated rings. The van der Waals surface area contributed by atoms with E-state index in [1.807, 2.05) is 0 Å². The maximum atomic E-state index is 11.5. The first kappa shape index (κ1) is 19.6. The molecule has 0 amide bonds. The molecule has 0 heterocycles. The number of unbranched alkanes of at least 4 members (excludes halogenated alkanes) is 3. The molecular weight excluding hydrogens is 296 g/mol. The topological polar surface area (TPSA) is 86.7 Å². The fourth-order valence-corrected chi connectivity index (χ4v) is 1.79. The molecule has 6 nitrogen and oxygen atoms in total. The third kappa shape index (κ3) is 12.1. The Morgan fingerprint density at radius 2 is 1.71 bits per heavy atom. The van der Waals surface area contributed by atoms with E-state index in [0.717, 1.165) is 31.9 Å². The number of hydrogen-bond acceptors (Lipinski definition) is 6. The van der Waals surface area contributed by atoms with Crippen molar-refractivity contribution in [2.24, 2.45) is 0 Å². The second-order valence-electron chi connectivity index (χ2n) is 4.83. The molecule has 21 heavy (non-hydrogen) atoms. The first-order valence-electron chi connectivity index (χ1n) is 6.94. The molecule has 0 saturated heterocycles. The summed E-state index contributed by atoms with van der Waals surface area (Å²) in [5, 5.41) is 0. The Labute approximate surface area is 126 Å². The van der Waals surface area contributed by atoms with Crippen LogP contribution in [0.15, 0.2) is 12.2 Å². The summed E-state index contributed by atoms with van der Waals surface area (Å²) in [7, 11) is -3.19. The van der Waals surface area contributed by atoms with Crippen LogP contribution in [0.25, 0.3) is 0 Å². The Kier molecular flexibility index (Phi) is 9.69. The lowest BCUT2D eigenvalue weighted by molar-refractivity contribution is -0.146. The number of carbonyl (C=O) groups excluding carboxylic acids is 2. The molecule has 0 aromatic heterocycles. The van der Waals surface area contributed by atoms with Crippen LogP contribution < -0.4 is 0 Å². The summed E-state index contributed by atoms with van der Waals surface area (Å²) in [6.45, 7) is 5.61. The van der Waals surface area contributed by atoms with Gasteiger partial charge in [-0.1, -0.05) is 32.8 Å². The van der Waals surface area contributed by atoms with Gasteiger partial charge >= 0.3 is 11.9 Å². The molecule has 0 bridgehead atoms. The average Bonchev–Trinajstić information content (AvgIpc) is 2.36. The number of hydrogen-bond donors (Lipinski definition) is 0. The monoisotopic (exact) mass is 320 g/mol. The number of ether oxygens (including phenoxy) is 2. The van der Waals surface area contributed by atoms with Crippen molar-refractivity contribution in [1.29, 1.82) is 0 Å². The van der Waals surface area contributed by atoms with E-state index >= 15 is 0 Å². The lowest BCUT2D eigenvalue weighted by Gasteiger charge is -2.07. The summed E-state index contributed by atoms with van der Waals surface area (Å²) in [6, 6.07) is 0. The highest BCUT2D eigenvalue weighted by Crippen LogP contribution is 2.05. The number of esters is 2. The van der Waals surface area contributed by atoms with Crippen LogP contribution in [-0.2, 0) is 28.9 Å². The van der Waals surface area contributed by atoms with Gasteiger partial charge in [-0.25, -0.2) is 13.2 Å². The van der Waals surface area contributed by atoms with E-state index in [9.17, 15) is 18.0 Å². The molecule has 0 aliphatic carbocycles. The molecule has 122 valence electrons. The zero-order valence-electron chi connectivity index (χ0n) is 12.7. The first-order valence-corrected chi connectivity index (χ1v) is 9.00. The van der Waals surface area contributed by atoms with E-state index in [2.05, 4.69) is 13.5 Å². The van der Waals surface area contributed by atoms with E-state index in [-0.39, 0.29) is 24.4 Å². The van der Waals surface area contributed by atoms with Crippen molar-refractivity contribution < 1.29 is 27.5 Å². The Hall–Kier alpha value is -1.37. The second kappa shape index (κ2) is 10.4. The maximum absolute atomic E-state index is 11.5. The molecule has 0 saturated carbocycles. The van der Waals surface area contributed by atoms with Crippen LogP contribution in [0.2, 0.25) is 0 Å². The third-order valence-corrected chi connectivity index (χ3v) is 3.50. The molecule has 0 aromatic rings. The van der Waals surface area contributed by atoms with Crippen LogP contribution in [0.5, 0.6) is 0 Å². The molecule has 0 aliphatic heterocycles. The van der Waals surface area contributed by atoms with Crippen LogP contribution in [-0.4, -0.2) is 45.6 Å². The van der Waals surface area contributed by atoms with Crippen LogP contribution in [0.1, 0.15) is 39.0 Å². The third-order valence-electron chi connectivity index (χ3n) is 2.59. The Balaban J connectivity index is 3.85. The molecule has 0 radical (unpaired) electrons. The Morgan fingerprint density at radius 3 is 2.29 bits per heavy atom. The summed E-state index contributed by atoms with van der Waals surface area (Å²) >= 11 is 0. The van der Waals surface area contributed by atoms with Gasteiger partial charge in [0.05, 0.1) is 18.8 Å². The molecule has 7 heteroatoms. The lowest BCUT2D eigenvalue weighted by atomic mass is 10.2. The quantitative estimate of drug-likeness (QED) is 0.327. The number of rotatable bonds is 11. The largest absolute Gasteiger partial charge is 0.465 e. The van der Waals surface area contributed by atoms with Gasteiger partial charge in [-0.2, -0.15) is 0 Å². The fourth-order valence-electron chi connectivity index (χ4n) is 1.40. The average molecular weight is 320 g/mol. The minimum Gasteiger partial charge on any atom is -0.465 e. The zero-order valence-corrected chi connectivity index (χ0v) is 13.5. The van der Waals surface area contributed by atoms with Crippen LogP contribution in [0, 0.1) is 0 Å². The minimum absolute atomic E-state index is 0.0398. The van der Waals surface area contributed by atoms with Crippen molar-refractivity contribution in [3.8, 4) is 0 Å². The molecule has 0 unspecified atom stereocenters. The predicted molar refractivity (Wildman–Crippen MR) is 79.5 cm³/mol.